The maximum absolute atomic E-state index is 3.60. The Labute approximate surface area is 118 Å². The van der Waals surface area contributed by atoms with E-state index in [1.807, 2.05) is 0 Å². The highest BCUT2D eigenvalue weighted by Crippen LogP contribution is 2.28. The summed E-state index contributed by atoms with van der Waals surface area (Å²) >= 11 is 3.60. The van der Waals surface area contributed by atoms with E-state index >= 15 is 0 Å². The highest BCUT2D eigenvalue weighted by Gasteiger charge is 2.29. The van der Waals surface area contributed by atoms with Gasteiger partial charge in [-0.15, -0.1) is 0 Å². The lowest BCUT2D eigenvalue weighted by Gasteiger charge is -2.25. The predicted molar refractivity (Wildman–Crippen MR) is 80.5 cm³/mol. The number of nitrogens with zero attached hydrogens (tertiary/aromatic N) is 2. The van der Waals surface area contributed by atoms with Crippen molar-refractivity contribution in [2.24, 2.45) is 0 Å². The third kappa shape index (κ3) is 2.43. The smallest absolute Gasteiger partial charge is 0.0407 e. The van der Waals surface area contributed by atoms with Gasteiger partial charge in [-0.1, -0.05) is 34.1 Å². The SMILES string of the molecule is BrCc1ccccc1N1CCC(N2CCCC2)C1. The Balaban J connectivity index is 1.71. The molecule has 2 aliphatic rings. The van der Waals surface area contributed by atoms with Crippen LogP contribution in [0.2, 0.25) is 0 Å². The molecule has 0 amide bonds. The van der Waals surface area contributed by atoms with Crippen molar-refractivity contribution in [3.63, 3.8) is 0 Å². The largest absolute Gasteiger partial charge is 0.370 e. The number of rotatable bonds is 3. The molecule has 0 aliphatic carbocycles. The Kier molecular flexibility index (Phi) is 3.90. The van der Waals surface area contributed by atoms with Gasteiger partial charge in [-0.05, 0) is 44.0 Å². The zero-order valence-electron chi connectivity index (χ0n) is 10.8. The summed E-state index contributed by atoms with van der Waals surface area (Å²) in [6.07, 6.45) is 4.12. The molecule has 2 fully saturated rings. The number of anilines is 1. The lowest BCUT2D eigenvalue weighted by molar-refractivity contribution is 0.260. The van der Waals surface area contributed by atoms with Crippen LogP contribution < -0.4 is 4.90 Å². The van der Waals surface area contributed by atoms with E-state index in [2.05, 4.69) is 50.0 Å². The van der Waals surface area contributed by atoms with Crippen LogP contribution in [0.15, 0.2) is 24.3 Å². The average molecular weight is 309 g/mol. The first-order valence-corrected chi connectivity index (χ1v) is 8.13. The van der Waals surface area contributed by atoms with Crippen molar-refractivity contribution in [2.75, 3.05) is 31.1 Å². The van der Waals surface area contributed by atoms with Crippen LogP contribution in [-0.2, 0) is 5.33 Å². The van der Waals surface area contributed by atoms with Crippen LogP contribution in [0.1, 0.15) is 24.8 Å². The Morgan fingerprint density at radius 1 is 1.11 bits per heavy atom. The second kappa shape index (κ2) is 5.62. The third-order valence-corrected chi connectivity index (χ3v) is 4.90. The van der Waals surface area contributed by atoms with E-state index in [0.717, 1.165) is 11.4 Å². The van der Waals surface area contributed by atoms with Gasteiger partial charge in [0.1, 0.15) is 0 Å². The molecule has 1 aromatic rings. The fraction of sp³-hybridized carbons (Fsp3) is 0.600. The molecule has 1 aromatic carbocycles. The fourth-order valence-corrected chi connectivity index (χ4v) is 3.77. The quantitative estimate of drug-likeness (QED) is 0.791. The first kappa shape index (κ1) is 12.5. The molecular formula is C15H21BrN2. The maximum atomic E-state index is 3.60. The molecule has 98 valence electrons. The van der Waals surface area contributed by atoms with Crippen LogP contribution in [0.4, 0.5) is 5.69 Å². The summed E-state index contributed by atoms with van der Waals surface area (Å²) in [4.78, 5) is 5.26. The van der Waals surface area contributed by atoms with Crippen LogP contribution in [-0.4, -0.2) is 37.1 Å². The minimum absolute atomic E-state index is 0.788. The van der Waals surface area contributed by atoms with Crippen LogP contribution in [0.5, 0.6) is 0 Å². The van der Waals surface area contributed by atoms with Crippen molar-refractivity contribution in [2.45, 2.75) is 30.6 Å². The fourth-order valence-electron chi connectivity index (χ4n) is 3.30. The summed E-state index contributed by atoms with van der Waals surface area (Å²) in [6.45, 7) is 5.06. The molecule has 0 radical (unpaired) electrons. The second-order valence-electron chi connectivity index (χ2n) is 5.39. The molecular weight excluding hydrogens is 288 g/mol. The van der Waals surface area contributed by atoms with Crippen molar-refractivity contribution in [1.82, 2.24) is 4.90 Å². The van der Waals surface area contributed by atoms with Crippen LogP contribution >= 0.6 is 15.9 Å². The predicted octanol–water partition coefficient (Wildman–Crippen LogP) is 3.26. The molecule has 2 aliphatic heterocycles. The number of para-hydroxylation sites is 1. The standard InChI is InChI=1S/C15H21BrN2/c16-11-13-5-1-2-6-15(13)18-10-7-14(12-18)17-8-3-4-9-17/h1-2,5-6,14H,3-4,7-12H2. The van der Waals surface area contributed by atoms with Crippen LogP contribution in [0.3, 0.4) is 0 Å². The van der Waals surface area contributed by atoms with E-state index in [-0.39, 0.29) is 0 Å². The summed E-state index contributed by atoms with van der Waals surface area (Å²) in [6, 6.07) is 9.57. The molecule has 2 nitrogen and oxygen atoms in total. The monoisotopic (exact) mass is 308 g/mol. The van der Waals surface area contributed by atoms with Gasteiger partial charge in [0.15, 0.2) is 0 Å². The number of benzene rings is 1. The minimum Gasteiger partial charge on any atom is -0.370 e. The highest BCUT2D eigenvalue weighted by molar-refractivity contribution is 9.08. The molecule has 2 saturated heterocycles. The number of halogens is 1. The van der Waals surface area contributed by atoms with Gasteiger partial charge < -0.3 is 4.90 Å². The molecule has 0 saturated carbocycles. The van der Waals surface area contributed by atoms with Gasteiger partial charge in [-0.3, -0.25) is 4.90 Å². The van der Waals surface area contributed by atoms with Crippen molar-refractivity contribution in [1.29, 1.82) is 0 Å². The molecule has 1 atom stereocenters. The number of alkyl halides is 1. The minimum atomic E-state index is 0.788. The van der Waals surface area contributed by atoms with Gasteiger partial charge in [0.25, 0.3) is 0 Å². The van der Waals surface area contributed by atoms with Crippen LogP contribution in [0, 0.1) is 0 Å². The molecule has 0 aromatic heterocycles. The number of likely N-dealkylation sites (tertiary alicyclic amines) is 1. The summed E-state index contributed by atoms with van der Waals surface area (Å²) < 4.78 is 0. The third-order valence-electron chi connectivity index (χ3n) is 4.30. The van der Waals surface area contributed by atoms with E-state index in [0.29, 0.717) is 0 Å². The Morgan fingerprint density at radius 3 is 2.67 bits per heavy atom. The first-order chi connectivity index (χ1) is 8.88. The maximum Gasteiger partial charge on any atom is 0.0407 e. The topological polar surface area (TPSA) is 6.48 Å². The summed E-state index contributed by atoms with van der Waals surface area (Å²) in [7, 11) is 0. The average Bonchev–Trinajstić information content (AvgIpc) is 3.09. The molecule has 1 unspecified atom stereocenters. The number of hydrogen-bond donors (Lipinski definition) is 0. The summed E-state index contributed by atoms with van der Waals surface area (Å²) in [5, 5.41) is 0.952. The normalized spacial score (nSPS) is 24.9. The lowest BCUT2D eigenvalue weighted by atomic mass is 10.2. The van der Waals surface area contributed by atoms with E-state index in [1.165, 1.54) is 56.7 Å². The molecule has 0 N–H and O–H groups in total. The van der Waals surface area contributed by atoms with E-state index in [1.54, 1.807) is 0 Å². The molecule has 18 heavy (non-hydrogen) atoms. The molecule has 3 rings (SSSR count). The van der Waals surface area contributed by atoms with Gasteiger partial charge in [0.05, 0.1) is 0 Å². The molecule has 0 spiro atoms. The van der Waals surface area contributed by atoms with Crippen molar-refractivity contribution in [3.05, 3.63) is 29.8 Å². The Bertz CT molecular complexity index is 401. The Morgan fingerprint density at radius 2 is 1.89 bits per heavy atom. The van der Waals surface area contributed by atoms with Gasteiger partial charge in [0.2, 0.25) is 0 Å². The van der Waals surface area contributed by atoms with Gasteiger partial charge in [0, 0.05) is 30.1 Å². The Hall–Kier alpha value is -0.540. The van der Waals surface area contributed by atoms with Crippen molar-refractivity contribution in [3.8, 4) is 0 Å². The summed E-state index contributed by atoms with van der Waals surface area (Å²) in [5.74, 6) is 0. The van der Waals surface area contributed by atoms with Gasteiger partial charge in [-0.25, -0.2) is 0 Å². The summed E-state index contributed by atoms with van der Waals surface area (Å²) in [5.41, 5.74) is 2.84. The molecule has 3 heteroatoms. The van der Waals surface area contributed by atoms with Crippen LogP contribution in [0.25, 0.3) is 0 Å². The molecule has 0 bridgehead atoms. The van der Waals surface area contributed by atoms with E-state index in [9.17, 15) is 0 Å². The second-order valence-corrected chi connectivity index (χ2v) is 5.95. The zero-order valence-corrected chi connectivity index (χ0v) is 12.4. The lowest BCUT2D eigenvalue weighted by Crippen LogP contribution is -2.35. The first-order valence-electron chi connectivity index (χ1n) is 7.01. The van der Waals surface area contributed by atoms with Crippen molar-refractivity contribution < 1.29 is 0 Å². The van der Waals surface area contributed by atoms with E-state index in [4.69, 9.17) is 0 Å². The molecule has 2 heterocycles. The van der Waals surface area contributed by atoms with E-state index < -0.39 is 0 Å². The van der Waals surface area contributed by atoms with Gasteiger partial charge >= 0.3 is 0 Å². The zero-order chi connectivity index (χ0) is 12.4. The van der Waals surface area contributed by atoms with Gasteiger partial charge in [-0.2, -0.15) is 0 Å². The number of hydrogen-bond acceptors (Lipinski definition) is 2. The van der Waals surface area contributed by atoms with Crippen molar-refractivity contribution >= 4 is 21.6 Å². The highest BCUT2D eigenvalue weighted by atomic mass is 79.9.